The summed E-state index contributed by atoms with van der Waals surface area (Å²) in [5, 5.41) is 6.34. The number of nitrogens with zero attached hydrogens (tertiary/aromatic N) is 6. The highest BCUT2D eigenvalue weighted by atomic mass is 32.1. The number of rotatable bonds is 5. The first-order valence-electron chi connectivity index (χ1n) is 8.05. The molecule has 0 aliphatic rings. The molecule has 0 aromatic carbocycles. The lowest BCUT2D eigenvalue weighted by Crippen LogP contribution is -2.26. The Hall–Kier alpha value is -3.46. The topological polar surface area (TPSA) is 97.9 Å². The summed E-state index contributed by atoms with van der Waals surface area (Å²) in [5.41, 5.74) is 1.88. The van der Waals surface area contributed by atoms with Gasteiger partial charge in [0.2, 0.25) is 0 Å². The van der Waals surface area contributed by atoms with E-state index in [2.05, 4.69) is 25.1 Å². The maximum atomic E-state index is 12.6. The van der Waals surface area contributed by atoms with Crippen molar-refractivity contribution in [1.29, 1.82) is 0 Å². The molecule has 0 saturated carbocycles. The van der Waals surface area contributed by atoms with Crippen LogP contribution in [0.25, 0.3) is 22.1 Å². The van der Waals surface area contributed by atoms with E-state index in [0.29, 0.717) is 28.0 Å². The van der Waals surface area contributed by atoms with Crippen LogP contribution in [0, 0.1) is 0 Å². The molecule has 0 aliphatic carbocycles. The number of amides is 1. The summed E-state index contributed by atoms with van der Waals surface area (Å²) in [7, 11) is 1.69. The first-order valence-corrected chi connectivity index (χ1v) is 8.93. The van der Waals surface area contributed by atoms with Gasteiger partial charge in [-0.05, 0) is 18.2 Å². The third kappa shape index (κ3) is 3.72. The Morgan fingerprint density at radius 1 is 1.22 bits per heavy atom. The number of hydrogen-bond acceptors (Lipinski definition) is 8. The molecule has 8 nitrogen and oxygen atoms in total. The van der Waals surface area contributed by atoms with Gasteiger partial charge in [-0.1, -0.05) is 5.16 Å². The lowest BCUT2D eigenvalue weighted by Gasteiger charge is -2.13. The Bertz CT molecular complexity index is 1050. The summed E-state index contributed by atoms with van der Waals surface area (Å²) >= 11 is 1.33. The van der Waals surface area contributed by atoms with E-state index in [4.69, 9.17) is 4.52 Å². The summed E-state index contributed by atoms with van der Waals surface area (Å²) in [6.07, 6.45) is 6.68. The molecule has 4 aromatic heterocycles. The molecule has 134 valence electrons. The number of pyridine rings is 1. The fourth-order valence-corrected chi connectivity index (χ4v) is 3.16. The lowest BCUT2D eigenvalue weighted by atomic mass is 10.2. The highest BCUT2D eigenvalue weighted by Gasteiger charge is 2.19. The van der Waals surface area contributed by atoms with E-state index in [9.17, 15) is 4.79 Å². The molecule has 27 heavy (non-hydrogen) atoms. The third-order valence-corrected chi connectivity index (χ3v) is 4.57. The standard InChI is InChI=1S/C18H14N6O2S/c1-24(10-13-8-14(23-26-13)12-4-2-5-19-9-12)18(25)15-11-27-17(22-15)16-20-6-3-7-21-16/h2-9,11H,10H2,1H3. The predicted octanol–water partition coefficient (Wildman–Crippen LogP) is 2.92. The molecule has 0 N–H and O–H groups in total. The van der Waals surface area contributed by atoms with E-state index < -0.39 is 0 Å². The first-order chi connectivity index (χ1) is 13.2. The lowest BCUT2D eigenvalue weighted by molar-refractivity contribution is 0.0767. The molecular weight excluding hydrogens is 364 g/mol. The van der Waals surface area contributed by atoms with Gasteiger partial charge in [0.25, 0.3) is 5.91 Å². The van der Waals surface area contributed by atoms with E-state index in [0.717, 1.165) is 5.56 Å². The van der Waals surface area contributed by atoms with Crippen LogP contribution in [0.15, 0.2) is 59.0 Å². The van der Waals surface area contributed by atoms with Gasteiger partial charge >= 0.3 is 0 Å². The van der Waals surface area contributed by atoms with Crippen LogP contribution < -0.4 is 0 Å². The molecule has 9 heteroatoms. The normalized spacial score (nSPS) is 10.7. The van der Waals surface area contributed by atoms with E-state index in [1.165, 1.54) is 16.2 Å². The molecule has 0 spiro atoms. The summed E-state index contributed by atoms with van der Waals surface area (Å²) in [6.45, 7) is 0.279. The van der Waals surface area contributed by atoms with Gasteiger partial charge in [0.15, 0.2) is 16.6 Å². The molecule has 0 aliphatic heterocycles. The average Bonchev–Trinajstić information content (AvgIpc) is 3.39. The van der Waals surface area contributed by atoms with E-state index in [-0.39, 0.29) is 12.5 Å². The smallest absolute Gasteiger partial charge is 0.273 e. The minimum atomic E-state index is -0.215. The SMILES string of the molecule is CN(Cc1cc(-c2cccnc2)no1)C(=O)c1csc(-c2ncccn2)n1. The van der Waals surface area contributed by atoms with Gasteiger partial charge < -0.3 is 9.42 Å². The number of carbonyl (C=O) groups excluding carboxylic acids is 1. The van der Waals surface area contributed by atoms with Crippen LogP contribution in [0.5, 0.6) is 0 Å². The van der Waals surface area contributed by atoms with Crippen LogP contribution in [0.2, 0.25) is 0 Å². The van der Waals surface area contributed by atoms with Crippen molar-refractivity contribution in [3.8, 4) is 22.1 Å². The zero-order chi connectivity index (χ0) is 18.6. The highest BCUT2D eigenvalue weighted by Crippen LogP contribution is 2.22. The fraction of sp³-hybridized carbons (Fsp3) is 0.111. The van der Waals surface area contributed by atoms with Gasteiger partial charge in [-0.15, -0.1) is 11.3 Å². The Balaban J connectivity index is 1.46. The molecule has 0 atom stereocenters. The summed E-state index contributed by atoms with van der Waals surface area (Å²) < 4.78 is 5.34. The maximum Gasteiger partial charge on any atom is 0.273 e. The number of carbonyl (C=O) groups is 1. The quantitative estimate of drug-likeness (QED) is 0.526. The molecule has 0 fully saturated rings. The Kier molecular flexibility index (Phi) is 4.67. The minimum absolute atomic E-state index is 0.215. The van der Waals surface area contributed by atoms with Crippen LogP contribution in [-0.4, -0.2) is 42.9 Å². The molecule has 0 unspecified atom stereocenters. The average molecular weight is 378 g/mol. The molecule has 0 saturated heterocycles. The van der Waals surface area contributed by atoms with Gasteiger partial charge in [0.05, 0.1) is 6.54 Å². The van der Waals surface area contributed by atoms with Crippen LogP contribution >= 0.6 is 11.3 Å². The van der Waals surface area contributed by atoms with Crippen molar-refractivity contribution >= 4 is 17.2 Å². The fourth-order valence-electron chi connectivity index (χ4n) is 2.42. The van der Waals surface area contributed by atoms with Crippen molar-refractivity contribution < 1.29 is 9.32 Å². The van der Waals surface area contributed by atoms with Crippen molar-refractivity contribution in [3.63, 3.8) is 0 Å². The predicted molar refractivity (Wildman–Crippen MR) is 98.7 cm³/mol. The summed E-state index contributed by atoms with van der Waals surface area (Å²) in [4.78, 5) is 30.9. The molecular formula is C18H14N6O2S. The van der Waals surface area contributed by atoms with Crippen molar-refractivity contribution in [2.45, 2.75) is 6.54 Å². The molecule has 4 heterocycles. The van der Waals surface area contributed by atoms with Gasteiger partial charge in [0, 0.05) is 48.8 Å². The number of thiazole rings is 1. The van der Waals surface area contributed by atoms with Crippen LogP contribution in [0.4, 0.5) is 0 Å². The molecule has 0 bridgehead atoms. The monoisotopic (exact) mass is 378 g/mol. The summed E-state index contributed by atoms with van der Waals surface area (Å²) in [6, 6.07) is 7.25. The van der Waals surface area contributed by atoms with Crippen molar-refractivity contribution in [1.82, 2.24) is 30.0 Å². The van der Waals surface area contributed by atoms with Crippen molar-refractivity contribution in [2.24, 2.45) is 0 Å². The molecule has 0 radical (unpaired) electrons. The van der Waals surface area contributed by atoms with Crippen LogP contribution in [0.1, 0.15) is 16.2 Å². The minimum Gasteiger partial charge on any atom is -0.359 e. The van der Waals surface area contributed by atoms with Gasteiger partial charge in [-0.3, -0.25) is 9.78 Å². The Labute approximate surface area is 158 Å². The zero-order valence-corrected chi connectivity index (χ0v) is 15.1. The molecule has 1 amide bonds. The van der Waals surface area contributed by atoms with Gasteiger partial charge in [-0.25, -0.2) is 15.0 Å². The maximum absolute atomic E-state index is 12.6. The second-order valence-corrected chi connectivity index (χ2v) is 6.55. The highest BCUT2D eigenvalue weighted by molar-refractivity contribution is 7.13. The Morgan fingerprint density at radius 2 is 2.07 bits per heavy atom. The van der Waals surface area contributed by atoms with E-state index in [1.54, 1.807) is 49.3 Å². The van der Waals surface area contributed by atoms with E-state index in [1.807, 2.05) is 12.1 Å². The third-order valence-electron chi connectivity index (χ3n) is 3.74. The molecule has 4 aromatic rings. The largest absolute Gasteiger partial charge is 0.359 e. The first kappa shape index (κ1) is 17.0. The number of aromatic nitrogens is 5. The number of hydrogen-bond donors (Lipinski definition) is 0. The second kappa shape index (κ2) is 7.42. The van der Waals surface area contributed by atoms with Crippen molar-refractivity contribution in [2.75, 3.05) is 7.05 Å². The Morgan fingerprint density at radius 3 is 2.85 bits per heavy atom. The van der Waals surface area contributed by atoms with Gasteiger partial charge in [0.1, 0.15) is 11.4 Å². The van der Waals surface area contributed by atoms with Gasteiger partial charge in [-0.2, -0.15) is 0 Å². The zero-order valence-electron chi connectivity index (χ0n) is 14.3. The van der Waals surface area contributed by atoms with E-state index >= 15 is 0 Å². The molecule has 4 rings (SSSR count). The summed E-state index contributed by atoms with van der Waals surface area (Å²) in [5.74, 6) is 0.861. The van der Waals surface area contributed by atoms with Crippen LogP contribution in [0.3, 0.4) is 0 Å². The van der Waals surface area contributed by atoms with Crippen LogP contribution in [-0.2, 0) is 6.54 Å². The van der Waals surface area contributed by atoms with Crippen molar-refractivity contribution in [3.05, 3.63) is 65.9 Å². The second-order valence-electron chi connectivity index (χ2n) is 5.69.